The van der Waals surface area contributed by atoms with Gasteiger partial charge in [0.15, 0.2) is 0 Å². The van der Waals surface area contributed by atoms with E-state index in [0.29, 0.717) is 18.6 Å². The van der Waals surface area contributed by atoms with Crippen molar-refractivity contribution in [3.05, 3.63) is 81.7 Å². The van der Waals surface area contributed by atoms with Crippen LogP contribution in [0, 0.1) is 11.3 Å². The van der Waals surface area contributed by atoms with Crippen LogP contribution in [-0.2, 0) is 29.7 Å². The molecule has 1 N–H and O–H groups in total. The number of nitrogens with one attached hydrogen (secondary N) is 1. The Morgan fingerprint density at radius 2 is 1.60 bits per heavy atom. The summed E-state index contributed by atoms with van der Waals surface area (Å²) in [4.78, 5) is 22.2. The average Bonchev–Trinajstić information content (AvgIpc) is 2.95. The quantitative estimate of drug-likeness (QED) is 0.271. The van der Waals surface area contributed by atoms with Gasteiger partial charge in [0.1, 0.15) is 6.07 Å². The summed E-state index contributed by atoms with van der Waals surface area (Å²) < 4.78 is 126. The minimum atomic E-state index is -5.09. The van der Waals surface area contributed by atoms with Gasteiger partial charge in [-0.3, -0.25) is 4.90 Å². The molecule has 0 spiro atoms. The Morgan fingerprint density at radius 3 is 2.13 bits per heavy atom. The summed E-state index contributed by atoms with van der Waals surface area (Å²) in [6, 6.07) is 4.08. The third kappa shape index (κ3) is 7.40. The lowest BCUT2D eigenvalue weighted by atomic mass is 9.89. The van der Waals surface area contributed by atoms with Gasteiger partial charge >= 0.3 is 24.6 Å². The lowest BCUT2D eigenvalue weighted by Crippen LogP contribution is -2.46. The van der Waals surface area contributed by atoms with Gasteiger partial charge in [-0.05, 0) is 67.3 Å². The molecule has 0 unspecified atom stereocenters. The molecule has 1 amide bonds. The lowest BCUT2D eigenvalue weighted by molar-refractivity contribution is -0.143. The van der Waals surface area contributed by atoms with Crippen LogP contribution in [0.25, 0.3) is 0 Å². The van der Waals surface area contributed by atoms with Crippen LogP contribution in [0.15, 0.2) is 42.6 Å². The van der Waals surface area contributed by atoms with Gasteiger partial charge in [0, 0.05) is 12.5 Å². The van der Waals surface area contributed by atoms with Crippen LogP contribution >= 0.6 is 0 Å². The summed E-state index contributed by atoms with van der Waals surface area (Å²) >= 11 is 0. The minimum absolute atomic E-state index is 0.0155. The average molecular weight is 646 g/mol. The van der Waals surface area contributed by atoms with E-state index in [9.17, 15) is 49.6 Å². The largest absolute Gasteiger partial charge is 0.449 e. The fourth-order valence-corrected chi connectivity index (χ4v) is 5.04. The molecule has 16 heteroatoms. The molecule has 2 heterocycles. The normalized spacial score (nSPS) is 17.0. The summed E-state index contributed by atoms with van der Waals surface area (Å²) in [5.74, 6) is -0.250. The highest BCUT2D eigenvalue weighted by molar-refractivity contribution is 5.90. The van der Waals surface area contributed by atoms with Gasteiger partial charge in [0.05, 0.1) is 52.5 Å². The maximum Gasteiger partial charge on any atom is 0.416 e. The van der Waals surface area contributed by atoms with Gasteiger partial charge < -0.3 is 10.1 Å². The zero-order valence-corrected chi connectivity index (χ0v) is 23.5. The molecule has 1 aliphatic heterocycles. The number of carbonyl (C=O) groups is 1. The van der Waals surface area contributed by atoms with Crippen molar-refractivity contribution in [3.8, 4) is 6.07 Å². The number of benzene rings is 2. The minimum Gasteiger partial charge on any atom is -0.449 e. The Labute approximate surface area is 250 Å². The standard InChI is InChI=1S/C29H24F9N5O2/c1-3-20-12-23(21-11-17(27(30,31)32)5-6-24(21)43(20)26(44)45-4-2)42-25-40-14-16(13-39)22(41-25)9-15-7-18(28(33,34)35)10-19(8-15)29(36,37)38/h5-8,10-11,14,20,23H,3-4,9,12H2,1-2H3,(H,40,41,42)/t20-,23+/m1/s1. The van der Waals surface area contributed by atoms with E-state index in [0.717, 1.165) is 24.4 Å². The number of hydrogen-bond donors (Lipinski definition) is 1. The van der Waals surface area contributed by atoms with Crippen LogP contribution in [0.2, 0.25) is 0 Å². The Morgan fingerprint density at radius 1 is 0.978 bits per heavy atom. The molecule has 0 saturated heterocycles. The molecule has 4 rings (SSSR count). The van der Waals surface area contributed by atoms with Crippen LogP contribution in [-0.4, -0.2) is 28.7 Å². The Bertz CT molecular complexity index is 1580. The SMILES string of the molecule is CCOC(=O)N1c2ccc(C(F)(F)F)cc2[C@@H](Nc2ncc(C#N)c(Cc3cc(C(F)(F)F)cc(C(F)(F)F)c3)n2)C[C@H]1CC. The molecule has 240 valence electrons. The molecule has 45 heavy (non-hydrogen) atoms. The number of rotatable bonds is 6. The highest BCUT2D eigenvalue weighted by Gasteiger charge is 2.40. The first-order valence-corrected chi connectivity index (χ1v) is 13.4. The predicted octanol–water partition coefficient (Wildman–Crippen LogP) is 8.29. The number of carbonyl (C=O) groups excluding carboxylic acids is 1. The van der Waals surface area contributed by atoms with E-state index in [2.05, 4.69) is 15.3 Å². The number of hydrogen-bond acceptors (Lipinski definition) is 6. The third-order valence-corrected chi connectivity index (χ3v) is 7.11. The van der Waals surface area contributed by atoms with Crippen molar-refractivity contribution in [2.75, 3.05) is 16.8 Å². The topological polar surface area (TPSA) is 91.1 Å². The first-order chi connectivity index (χ1) is 21.0. The summed E-state index contributed by atoms with van der Waals surface area (Å²) in [6.07, 6.45) is -14.9. The first-order valence-electron chi connectivity index (χ1n) is 13.4. The van der Waals surface area contributed by atoms with Gasteiger partial charge in [0.25, 0.3) is 0 Å². The van der Waals surface area contributed by atoms with Crippen molar-refractivity contribution < 1.29 is 49.0 Å². The molecule has 0 bridgehead atoms. The number of nitrogens with zero attached hydrogens (tertiary/aromatic N) is 4. The number of amides is 1. The second kappa shape index (κ2) is 12.4. The van der Waals surface area contributed by atoms with Crippen LogP contribution in [0.3, 0.4) is 0 Å². The third-order valence-electron chi connectivity index (χ3n) is 7.11. The van der Waals surface area contributed by atoms with E-state index >= 15 is 0 Å². The van der Waals surface area contributed by atoms with Gasteiger partial charge in [-0.15, -0.1) is 0 Å². The predicted molar refractivity (Wildman–Crippen MR) is 142 cm³/mol. The Balaban J connectivity index is 1.76. The molecule has 0 radical (unpaired) electrons. The molecule has 3 aromatic rings. The van der Waals surface area contributed by atoms with Crippen molar-refractivity contribution in [2.24, 2.45) is 0 Å². The van der Waals surface area contributed by atoms with Crippen molar-refractivity contribution in [3.63, 3.8) is 0 Å². The van der Waals surface area contributed by atoms with Crippen LogP contribution in [0.4, 0.5) is 55.9 Å². The summed E-state index contributed by atoms with van der Waals surface area (Å²) in [5.41, 5.74) is -4.81. The van der Waals surface area contributed by atoms with E-state index in [1.165, 1.54) is 4.90 Å². The molecule has 1 aliphatic rings. The maximum absolute atomic E-state index is 13.7. The number of nitriles is 1. The number of ether oxygens (including phenoxy) is 1. The molecule has 2 aromatic carbocycles. The summed E-state index contributed by atoms with van der Waals surface area (Å²) in [5, 5.41) is 12.4. The van der Waals surface area contributed by atoms with E-state index in [1.54, 1.807) is 19.9 Å². The van der Waals surface area contributed by atoms with Crippen molar-refractivity contribution >= 4 is 17.7 Å². The fraction of sp³-hybridized carbons (Fsp3) is 0.379. The number of aromatic nitrogens is 2. The molecule has 2 atom stereocenters. The van der Waals surface area contributed by atoms with Crippen molar-refractivity contribution in [1.29, 1.82) is 5.26 Å². The second-order valence-corrected chi connectivity index (χ2v) is 10.1. The highest BCUT2D eigenvalue weighted by Crippen LogP contribution is 2.43. The molecule has 7 nitrogen and oxygen atoms in total. The molecular weight excluding hydrogens is 621 g/mol. The van der Waals surface area contributed by atoms with Crippen molar-refractivity contribution in [2.45, 2.75) is 63.7 Å². The number of halogens is 9. The monoisotopic (exact) mass is 645 g/mol. The zero-order chi connectivity index (χ0) is 33.3. The molecule has 1 aromatic heterocycles. The van der Waals surface area contributed by atoms with Gasteiger partial charge in [-0.1, -0.05) is 6.92 Å². The van der Waals surface area contributed by atoms with E-state index < -0.39 is 65.4 Å². The van der Waals surface area contributed by atoms with E-state index in [1.807, 2.05) is 0 Å². The first kappa shape index (κ1) is 33.3. The smallest absolute Gasteiger partial charge is 0.416 e. The van der Waals surface area contributed by atoms with Crippen LogP contribution in [0.1, 0.15) is 71.8 Å². The summed E-state index contributed by atoms with van der Waals surface area (Å²) in [6.45, 7) is 3.34. The lowest BCUT2D eigenvalue weighted by Gasteiger charge is -2.40. The fourth-order valence-electron chi connectivity index (χ4n) is 5.04. The zero-order valence-electron chi connectivity index (χ0n) is 23.5. The number of fused-ring (bicyclic) bond motifs is 1. The van der Waals surface area contributed by atoms with Crippen molar-refractivity contribution in [1.82, 2.24) is 9.97 Å². The maximum atomic E-state index is 13.7. The molecule has 0 aliphatic carbocycles. The Kier molecular flexibility index (Phi) is 9.22. The van der Waals surface area contributed by atoms with Crippen LogP contribution in [0.5, 0.6) is 0 Å². The second-order valence-electron chi connectivity index (χ2n) is 10.1. The molecular formula is C29H24F9N5O2. The van der Waals surface area contributed by atoms with E-state index in [4.69, 9.17) is 4.74 Å². The van der Waals surface area contributed by atoms with Crippen LogP contribution < -0.4 is 10.2 Å². The highest BCUT2D eigenvalue weighted by atomic mass is 19.4. The van der Waals surface area contributed by atoms with Gasteiger partial charge in [-0.25, -0.2) is 14.8 Å². The number of anilines is 2. The Hall–Kier alpha value is -4.55. The number of alkyl halides is 9. The van der Waals surface area contributed by atoms with Gasteiger partial charge in [-0.2, -0.15) is 44.8 Å². The molecule has 0 fully saturated rings. The molecule has 0 saturated carbocycles. The summed E-state index contributed by atoms with van der Waals surface area (Å²) in [7, 11) is 0. The van der Waals surface area contributed by atoms with Gasteiger partial charge in [0.2, 0.25) is 5.95 Å². The van der Waals surface area contributed by atoms with E-state index in [-0.39, 0.29) is 47.6 Å².